The van der Waals surface area contributed by atoms with Gasteiger partial charge in [-0.15, -0.1) is 0 Å². The number of allylic oxidation sites excluding steroid dienone is 2. The monoisotopic (exact) mass is 588 g/mol. The number of ether oxygens (including phenoxy) is 1. The Labute approximate surface area is 256 Å². The summed E-state index contributed by atoms with van der Waals surface area (Å²) in [4.78, 5) is 35.4. The number of hydrogen-bond donors (Lipinski definition) is 2. The van der Waals surface area contributed by atoms with Crippen molar-refractivity contribution in [3.8, 4) is 0 Å². The summed E-state index contributed by atoms with van der Waals surface area (Å²) in [5, 5.41) is 8.87. The minimum absolute atomic E-state index is 0.150. The second kappa shape index (κ2) is 28.1. The Morgan fingerprint density at radius 2 is 1.64 bits per heavy atom. The van der Waals surface area contributed by atoms with Crippen molar-refractivity contribution in [2.45, 2.75) is 133 Å². The van der Waals surface area contributed by atoms with Crippen LogP contribution in [0.5, 0.6) is 0 Å². The van der Waals surface area contributed by atoms with Crippen molar-refractivity contribution in [3.63, 3.8) is 0 Å². The fourth-order valence-corrected chi connectivity index (χ4v) is 3.32. The number of aromatic carboxylic acids is 1. The number of amides is 1. The van der Waals surface area contributed by atoms with Crippen molar-refractivity contribution in [2.75, 3.05) is 0 Å². The lowest BCUT2D eigenvalue weighted by atomic mass is 9.99. The Bertz CT molecular complexity index is 950. The zero-order valence-corrected chi connectivity index (χ0v) is 28.2. The van der Waals surface area contributed by atoms with Crippen molar-refractivity contribution in [1.82, 2.24) is 0 Å². The largest absolute Gasteiger partial charge is 0.478 e. The maximum Gasteiger partial charge on any atom is 0.336 e. The molecular weight excluding hydrogens is 528 g/mol. The first-order valence-corrected chi connectivity index (χ1v) is 15.5. The van der Waals surface area contributed by atoms with Crippen LogP contribution in [0, 0.1) is 5.92 Å². The van der Waals surface area contributed by atoms with Gasteiger partial charge in [-0.25, -0.2) is 4.79 Å². The third kappa shape index (κ3) is 23.6. The smallest absolute Gasteiger partial charge is 0.336 e. The van der Waals surface area contributed by atoms with Crippen LogP contribution >= 0.6 is 0 Å². The summed E-state index contributed by atoms with van der Waals surface area (Å²) in [6, 6.07) is 6.92. The van der Waals surface area contributed by atoms with E-state index in [0.29, 0.717) is 24.2 Å². The number of carboxylic acid groups (broad SMARTS) is 1. The van der Waals surface area contributed by atoms with Gasteiger partial charge in [0.25, 0.3) is 0 Å². The summed E-state index contributed by atoms with van der Waals surface area (Å²) in [6.07, 6.45) is 13.0. The molecule has 3 N–H and O–H groups in total. The lowest BCUT2D eigenvalue weighted by Crippen LogP contribution is -2.10. The Morgan fingerprint density at radius 3 is 2.02 bits per heavy atom. The summed E-state index contributed by atoms with van der Waals surface area (Å²) in [5.74, 6) is -0.292. The molecule has 0 bridgehead atoms. The molecule has 0 saturated carbocycles. The van der Waals surface area contributed by atoms with Crippen LogP contribution in [0.2, 0.25) is 0 Å². The van der Waals surface area contributed by atoms with Crippen LogP contribution in [0.15, 0.2) is 48.0 Å². The number of carbonyl (C=O) groups excluding carboxylic acids is 2. The number of nitrogens with two attached hydrogens (primary N) is 1. The Kier molecular flexibility index (Phi) is 29.0. The van der Waals surface area contributed by atoms with E-state index in [1.165, 1.54) is 32.1 Å². The predicted octanol–water partition coefficient (Wildman–Crippen LogP) is 9.06. The highest BCUT2D eigenvalue weighted by molar-refractivity contribution is 5.99. The van der Waals surface area contributed by atoms with E-state index in [1.807, 2.05) is 54.5 Å². The molecule has 0 aromatic heterocycles. The van der Waals surface area contributed by atoms with Gasteiger partial charge in [-0.05, 0) is 76.2 Å². The highest BCUT2D eigenvalue weighted by Gasteiger charge is 2.20. The van der Waals surface area contributed by atoms with Gasteiger partial charge in [-0.3, -0.25) is 9.59 Å². The quantitative estimate of drug-likeness (QED) is 0.208. The Morgan fingerprint density at radius 1 is 1.10 bits per heavy atom. The van der Waals surface area contributed by atoms with Gasteiger partial charge in [0.2, 0.25) is 5.91 Å². The van der Waals surface area contributed by atoms with Gasteiger partial charge in [0.15, 0.2) is 0 Å². The second-order valence-corrected chi connectivity index (χ2v) is 10.0. The number of unbranched alkanes of at least 4 members (excludes halogenated alkanes) is 1. The molecule has 240 valence electrons. The normalized spacial score (nSPS) is 15.5. The maximum absolute atomic E-state index is 10.8. The van der Waals surface area contributed by atoms with E-state index < -0.39 is 5.97 Å². The van der Waals surface area contributed by atoms with Crippen LogP contribution < -0.4 is 5.73 Å². The molecular formula is C35H60N2O5. The molecule has 1 amide bonds. The van der Waals surface area contributed by atoms with Crippen molar-refractivity contribution in [3.05, 3.63) is 54.1 Å². The summed E-state index contributed by atoms with van der Waals surface area (Å²) >= 11 is 0. The maximum atomic E-state index is 10.8. The fraction of sp³-hybridized carbons (Fsp3) is 0.600. The van der Waals surface area contributed by atoms with E-state index in [1.54, 1.807) is 37.3 Å². The van der Waals surface area contributed by atoms with E-state index in [-0.39, 0.29) is 23.4 Å². The minimum atomic E-state index is -0.898. The molecule has 1 aliphatic heterocycles. The Hall–Kier alpha value is -3.06. The van der Waals surface area contributed by atoms with Crippen LogP contribution in [0.25, 0.3) is 5.57 Å². The van der Waals surface area contributed by atoms with E-state index in [2.05, 4.69) is 25.4 Å². The van der Waals surface area contributed by atoms with Crippen LogP contribution in [-0.2, 0) is 14.3 Å². The first-order chi connectivity index (χ1) is 19.8. The van der Waals surface area contributed by atoms with E-state index >= 15 is 0 Å². The molecule has 1 fully saturated rings. The van der Waals surface area contributed by atoms with E-state index in [0.717, 1.165) is 24.0 Å². The first-order valence-electron chi connectivity index (χ1n) is 15.5. The van der Waals surface area contributed by atoms with E-state index in [4.69, 9.17) is 15.6 Å². The fourth-order valence-electron chi connectivity index (χ4n) is 3.32. The van der Waals surface area contributed by atoms with Crippen LogP contribution in [-0.4, -0.2) is 40.8 Å². The van der Waals surface area contributed by atoms with Gasteiger partial charge in [0.1, 0.15) is 11.6 Å². The van der Waals surface area contributed by atoms with Crippen LogP contribution in [0.3, 0.4) is 0 Å². The average molecular weight is 589 g/mol. The zero-order valence-electron chi connectivity index (χ0n) is 28.2. The van der Waals surface area contributed by atoms with Crippen molar-refractivity contribution in [2.24, 2.45) is 16.6 Å². The molecule has 7 heteroatoms. The summed E-state index contributed by atoms with van der Waals surface area (Å²) < 4.78 is 5.66. The van der Waals surface area contributed by atoms with Crippen molar-refractivity contribution >= 4 is 29.1 Å². The summed E-state index contributed by atoms with van der Waals surface area (Å²) in [6.45, 7) is 23.3. The number of carbonyl (C=O) groups is 3. The summed E-state index contributed by atoms with van der Waals surface area (Å²) in [7, 11) is 0. The summed E-state index contributed by atoms with van der Waals surface area (Å²) in [5.41, 5.74) is 7.28. The third-order valence-electron chi connectivity index (χ3n) is 6.03. The molecule has 1 aliphatic rings. The molecule has 42 heavy (non-hydrogen) atoms. The molecule has 7 nitrogen and oxygen atoms in total. The molecule has 0 aliphatic carbocycles. The lowest BCUT2D eigenvalue weighted by Gasteiger charge is -2.08. The number of ketones is 1. The van der Waals surface area contributed by atoms with Gasteiger partial charge in [-0.2, -0.15) is 4.99 Å². The molecule has 2 rings (SSSR count). The van der Waals surface area contributed by atoms with Crippen molar-refractivity contribution < 1.29 is 24.2 Å². The lowest BCUT2D eigenvalue weighted by molar-refractivity contribution is -0.120. The van der Waals surface area contributed by atoms with E-state index in [9.17, 15) is 14.4 Å². The topological polar surface area (TPSA) is 119 Å². The standard InChI is InChI=1S/C11H12O2.C9H18O.C8H14N2O.C5H10O.C2H6/c1-3-8(2)9-6-4-5-7-10(9)11(12)13;1-3-4-5-9-7-6-8(2)10-9;1-3-5-7(9)10-8(11)6-4-2;1-4(2)5(3)6;1-2/h4-7H,2-3H2,1H3,(H,12,13);8-9H,3-7H2,1-2H3;3,5H,4,6H2,1-2H3,(H2,9,10,11);4H,1-3H3;1-2H3/b;;5-3-;;. The zero-order chi connectivity index (χ0) is 33.1. The number of rotatable bonds is 10. The second-order valence-electron chi connectivity index (χ2n) is 10.0. The molecule has 1 aromatic carbocycles. The number of benzene rings is 1. The number of amidine groups is 1. The number of aliphatic imine (C=N–C) groups is 1. The number of nitrogens with zero attached hydrogens (tertiary/aromatic N) is 1. The van der Waals surface area contributed by atoms with Crippen LogP contribution in [0.1, 0.15) is 137 Å². The van der Waals surface area contributed by atoms with Crippen molar-refractivity contribution in [1.29, 1.82) is 0 Å². The van der Waals surface area contributed by atoms with Gasteiger partial charge < -0.3 is 15.6 Å². The molecule has 0 spiro atoms. The molecule has 1 heterocycles. The predicted molar refractivity (Wildman–Crippen MR) is 179 cm³/mol. The SMILES string of the molecule is C/C=C\C(N)=NC(=O)CCC.C=C(CC)c1ccccc1C(=O)O.CC.CC(=O)C(C)C.CCCCC1CCC(C)O1. The molecule has 2 atom stereocenters. The number of Topliss-reactive ketones (excluding diaryl/α,β-unsaturated/α-hetero) is 1. The number of carboxylic acids is 1. The van der Waals surface area contributed by atoms with Gasteiger partial charge in [0, 0.05) is 12.3 Å². The third-order valence-corrected chi connectivity index (χ3v) is 6.03. The average Bonchev–Trinajstić information content (AvgIpc) is 3.38. The number of hydrogen-bond acceptors (Lipinski definition) is 4. The van der Waals surface area contributed by atoms with Gasteiger partial charge in [-0.1, -0.05) is 92.2 Å². The highest BCUT2D eigenvalue weighted by atomic mass is 16.5. The molecule has 0 radical (unpaired) electrons. The molecule has 1 aromatic rings. The Balaban J connectivity index is -0.000000486. The van der Waals surface area contributed by atoms with Gasteiger partial charge in [0.05, 0.1) is 17.8 Å². The molecule has 1 saturated heterocycles. The van der Waals surface area contributed by atoms with Gasteiger partial charge >= 0.3 is 5.97 Å². The minimum Gasteiger partial charge on any atom is -0.478 e. The van der Waals surface area contributed by atoms with Crippen LogP contribution in [0.4, 0.5) is 0 Å². The molecule has 2 unspecified atom stereocenters. The highest BCUT2D eigenvalue weighted by Crippen LogP contribution is 2.23. The first kappa shape index (κ1) is 43.4.